The summed E-state index contributed by atoms with van der Waals surface area (Å²) < 4.78 is 0. The average Bonchev–Trinajstić information content (AvgIpc) is 2.18. The number of rotatable bonds is 1. The second kappa shape index (κ2) is 4.89. The molecule has 0 aliphatic heterocycles. The molecule has 0 aromatic rings. The van der Waals surface area contributed by atoms with E-state index in [1.807, 2.05) is 0 Å². The summed E-state index contributed by atoms with van der Waals surface area (Å²) in [5, 5.41) is 41.9. The molecule has 0 amide bonds. The Kier molecular flexibility index (Phi) is 3.82. The van der Waals surface area contributed by atoms with Gasteiger partial charge in [-0.05, 0) is 0 Å². The Morgan fingerprint density at radius 1 is 0.846 bits per heavy atom. The normalized spacial score (nSPS) is 6.15. The van der Waals surface area contributed by atoms with E-state index in [4.69, 9.17) is 26.5 Å². The van der Waals surface area contributed by atoms with E-state index in [0.29, 0.717) is 0 Å². The van der Waals surface area contributed by atoms with Gasteiger partial charge < -0.3 is 5.41 Å². The molecule has 0 aliphatic rings. The summed E-state index contributed by atoms with van der Waals surface area (Å²) in [5.41, 5.74) is -1.53. The standard InChI is InChI=1S/C8N5/c9-1-6(2-10)8(5-13)7(3-11)4-12/q-1. The molecule has 0 saturated carbocycles. The Bertz CT molecular complexity index is 447. The van der Waals surface area contributed by atoms with E-state index in [1.165, 1.54) is 30.1 Å². The van der Waals surface area contributed by atoms with Crippen molar-refractivity contribution in [1.82, 2.24) is 0 Å². The van der Waals surface area contributed by atoms with Crippen LogP contribution < -0.4 is 0 Å². The van der Waals surface area contributed by atoms with Crippen molar-refractivity contribution in [1.29, 1.82) is 21.0 Å². The van der Waals surface area contributed by atoms with Gasteiger partial charge in [0.2, 0.25) is 0 Å². The van der Waals surface area contributed by atoms with Gasteiger partial charge in [0.05, 0.1) is 5.57 Å². The van der Waals surface area contributed by atoms with Crippen LogP contribution in [0.2, 0.25) is 0 Å². The van der Waals surface area contributed by atoms with Crippen LogP contribution >= 0.6 is 0 Å². The van der Waals surface area contributed by atoms with E-state index in [9.17, 15) is 0 Å². The van der Waals surface area contributed by atoms with E-state index in [0.717, 1.165) is 0 Å². The number of hydrogen-bond donors (Lipinski definition) is 0. The van der Waals surface area contributed by atoms with E-state index >= 15 is 0 Å². The van der Waals surface area contributed by atoms with Gasteiger partial charge in [0.1, 0.15) is 35.4 Å². The topological polar surface area (TPSA) is 117 Å². The molecule has 0 N–H and O–H groups in total. The molecule has 5 nitrogen and oxygen atoms in total. The minimum Gasteiger partial charge on any atom is -0.762 e. The summed E-state index contributed by atoms with van der Waals surface area (Å²) in [4.78, 5) is 0. The van der Waals surface area contributed by atoms with Gasteiger partial charge in [0.15, 0.2) is 0 Å². The highest BCUT2D eigenvalue weighted by Crippen LogP contribution is 2.09. The summed E-state index contributed by atoms with van der Waals surface area (Å²) in [6.45, 7) is 0. The molecule has 0 heterocycles. The van der Waals surface area contributed by atoms with Gasteiger partial charge in [-0.15, -0.1) is 0 Å². The molecule has 58 valence electrons. The van der Waals surface area contributed by atoms with Crippen molar-refractivity contribution in [2.75, 3.05) is 0 Å². The maximum Gasteiger partial charge on any atom is 0.149 e. The quantitative estimate of drug-likeness (QED) is 0.321. The predicted octanol–water partition coefficient (Wildman–Crippen LogP) is 0.543. The first kappa shape index (κ1) is 10.2. The minimum absolute atomic E-state index is 0.477. The third kappa shape index (κ3) is 2.04. The lowest BCUT2D eigenvalue weighted by Gasteiger charge is -1.91. The Morgan fingerprint density at radius 3 is 1.62 bits per heavy atom. The molecular weight excluding hydrogens is 166 g/mol. The van der Waals surface area contributed by atoms with Crippen LogP contribution in [0.4, 0.5) is 0 Å². The number of nitriles is 4. The molecule has 0 aromatic heterocycles. The van der Waals surface area contributed by atoms with E-state index < -0.39 is 16.7 Å². The average molecular weight is 166 g/mol. The number of hydrogen-bond acceptors (Lipinski definition) is 4. The summed E-state index contributed by atoms with van der Waals surface area (Å²) in [6.07, 6.45) is 0. The molecule has 0 rings (SSSR count). The van der Waals surface area contributed by atoms with Crippen molar-refractivity contribution < 1.29 is 0 Å². The SMILES string of the molecule is N#CC(=C=[N-])C(C#N)=C(C#N)C#N. The zero-order chi connectivity index (χ0) is 10.3. The van der Waals surface area contributed by atoms with Crippen molar-refractivity contribution in [3.8, 4) is 24.3 Å². The van der Waals surface area contributed by atoms with Gasteiger partial charge in [0, 0.05) is 0 Å². The van der Waals surface area contributed by atoms with Crippen molar-refractivity contribution >= 4 is 5.87 Å². The summed E-state index contributed by atoms with van der Waals surface area (Å²) in [6, 6.07) is 5.73. The number of allylic oxidation sites excluding steroid dienone is 3. The molecular formula is C8N5-. The maximum atomic E-state index is 8.46. The van der Waals surface area contributed by atoms with Gasteiger partial charge in [-0.25, -0.2) is 5.87 Å². The van der Waals surface area contributed by atoms with Crippen molar-refractivity contribution in [3.63, 3.8) is 0 Å². The van der Waals surface area contributed by atoms with Crippen LogP contribution in [0.5, 0.6) is 0 Å². The maximum absolute atomic E-state index is 8.46. The highest BCUT2D eigenvalue weighted by molar-refractivity contribution is 5.77. The summed E-state index contributed by atoms with van der Waals surface area (Å²) >= 11 is 0. The Balaban J connectivity index is 5.75. The second-order valence-electron chi connectivity index (χ2n) is 1.68. The van der Waals surface area contributed by atoms with Gasteiger partial charge >= 0.3 is 0 Å². The van der Waals surface area contributed by atoms with Crippen LogP contribution in [0.1, 0.15) is 0 Å². The molecule has 0 saturated heterocycles. The summed E-state index contributed by atoms with van der Waals surface area (Å²) in [5.74, 6) is 1.42. The Morgan fingerprint density at radius 2 is 1.38 bits per heavy atom. The first-order chi connectivity index (χ1) is 6.24. The Labute approximate surface area is 74.2 Å². The largest absolute Gasteiger partial charge is 0.762 e. The monoisotopic (exact) mass is 166 g/mol. The fourth-order valence-corrected chi connectivity index (χ4v) is 0.510. The molecule has 0 aliphatic carbocycles. The molecule has 0 spiro atoms. The van der Waals surface area contributed by atoms with Gasteiger partial charge in [-0.1, -0.05) is 0 Å². The van der Waals surface area contributed by atoms with Gasteiger partial charge in [-0.2, -0.15) is 21.0 Å². The summed E-state index contributed by atoms with van der Waals surface area (Å²) in [7, 11) is 0. The molecule has 0 aromatic carbocycles. The van der Waals surface area contributed by atoms with Gasteiger partial charge in [-0.3, -0.25) is 0 Å². The van der Waals surface area contributed by atoms with E-state index in [1.54, 1.807) is 0 Å². The zero-order valence-corrected chi connectivity index (χ0v) is 6.24. The first-order valence-electron chi connectivity index (χ1n) is 2.87. The first-order valence-corrected chi connectivity index (χ1v) is 2.87. The fourth-order valence-electron chi connectivity index (χ4n) is 0.510. The highest BCUT2D eigenvalue weighted by atomic mass is 14.4. The molecule has 0 unspecified atom stereocenters. The lowest BCUT2D eigenvalue weighted by Crippen LogP contribution is -1.89. The highest BCUT2D eigenvalue weighted by Gasteiger charge is 2.08. The fraction of sp³-hybridized carbons (Fsp3) is 0. The third-order valence-electron chi connectivity index (χ3n) is 1.06. The van der Waals surface area contributed by atoms with Crippen molar-refractivity contribution in [2.24, 2.45) is 0 Å². The van der Waals surface area contributed by atoms with Crippen LogP contribution in [0.25, 0.3) is 5.41 Å². The molecule has 0 atom stereocenters. The molecule has 0 bridgehead atoms. The third-order valence-corrected chi connectivity index (χ3v) is 1.06. The zero-order valence-electron chi connectivity index (χ0n) is 6.24. The van der Waals surface area contributed by atoms with E-state index in [2.05, 4.69) is 0 Å². The molecule has 0 fully saturated rings. The minimum atomic E-state index is -0.527. The molecule has 0 radical (unpaired) electrons. The molecule has 13 heavy (non-hydrogen) atoms. The second-order valence-corrected chi connectivity index (χ2v) is 1.68. The van der Waals surface area contributed by atoms with E-state index in [-0.39, 0.29) is 0 Å². The van der Waals surface area contributed by atoms with Crippen LogP contribution in [0.3, 0.4) is 0 Å². The van der Waals surface area contributed by atoms with Crippen molar-refractivity contribution in [2.45, 2.75) is 0 Å². The van der Waals surface area contributed by atoms with Crippen molar-refractivity contribution in [3.05, 3.63) is 22.1 Å². The predicted molar refractivity (Wildman–Crippen MR) is 41.4 cm³/mol. The number of nitrogens with zero attached hydrogens (tertiary/aromatic N) is 5. The smallest absolute Gasteiger partial charge is 0.149 e. The van der Waals surface area contributed by atoms with Gasteiger partial charge in [0.25, 0.3) is 0 Å². The van der Waals surface area contributed by atoms with Crippen LogP contribution in [0.15, 0.2) is 16.7 Å². The van der Waals surface area contributed by atoms with Crippen LogP contribution in [-0.4, -0.2) is 5.87 Å². The molecule has 5 heteroatoms. The van der Waals surface area contributed by atoms with Crippen LogP contribution in [0, 0.1) is 45.3 Å². The lowest BCUT2D eigenvalue weighted by atomic mass is 10.1. The van der Waals surface area contributed by atoms with Crippen LogP contribution in [-0.2, 0) is 0 Å². The lowest BCUT2D eigenvalue weighted by molar-refractivity contribution is 1.40. The Hall–Kier alpha value is -2.85.